The maximum absolute atomic E-state index is 12.5. The quantitative estimate of drug-likeness (QED) is 0.0321. The molecule has 0 aromatic carbocycles. The molecule has 0 heterocycles. The van der Waals surface area contributed by atoms with Crippen LogP contribution in [0.1, 0.15) is 328 Å². The normalized spacial score (nSPS) is 12.8. The van der Waals surface area contributed by atoms with E-state index in [0.29, 0.717) is 19.4 Å². The van der Waals surface area contributed by atoms with Crippen molar-refractivity contribution >= 4 is 11.9 Å². The predicted molar refractivity (Wildman–Crippen MR) is 301 cm³/mol. The monoisotopic (exact) mass is 970 g/mol. The average Bonchev–Trinajstić information content (AvgIpc) is 3.35. The van der Waals surface area contributed by atoms with Gasteiger partial charge in [0.15, 0.2) is 0 Å². The number of amides is 1. The number of ether oxygens (including phenoxy) is 1. The van der Waals surface area contributed by atoms with E-state index in [4.69, 9.17) is 4.74 Å². The molecule has 0 spiro atoms. The first-order valence-corrected chi connectivity index (χ1v) is 30.8. The van der Waals surface area contributed by atoms with Crippen molar-refractivity contribution in [3.8, 4) is 0 Å². The molecule has 2 unspecified atom stereocenters. The molecule has 0 aromatic rings. The summed E-state index contributed by atoms with van der Waals surface area (Å²) < 4.78 is 5.49. The van der Waals surface area contributed by atoms with Gasteiger partial charge in [-0.25, -0.2) is 0 Å². The van der Waals surface area contributed by atoms with Crippen molar-refractivity contribution in [2.45, 2.75) is 341 Å². The number of hydrogen-bond acceptors (Lipinski definition) is 5. The van der Waals surface area contributed by atoms with Gasteiger partial charge in [0, 0.05) is 12.8 Å². The Hall–Kier alpha value is -1.92. The molecular formula is C63H119NO5. The fourth-order valence-corrected chi connectivity index (χ4v) is 9.43. The van der Waals surface area contributed by atoms with Crippen LogP contribution in [0.15, 0.2) is 36.5 Å². The number of unbranched alkanes of at least 4 members (excludes halogenated alkanes) is 42. The lowest BCUT2D eigenvalue weighted by molar-refractivity contribution is -0.143. The smallest absolute Gasteiger partial charge is 0.305 e. The minimum atomic E-state index is -0.845. The van der Waals surface area contributed by atoms with Gasteiger partial charge in [0.25, 0.3) is 0 Å². The molecular weight excluding hydrogens is 851 g/mol. The van der Waals surface area contributed by atoms with Gasteiger partial charge >= 0.3 is 5.97 Å². The highest BCUT2D eigenvalue weighted by molar-refractivity contribution is 5.76. The molecule has 0 radical (unpaired) electrons. The zero-order chi connectivity index (χ0) is 50.0. The molecule has 1 amide bonds. The van der Waals surface area contributed by atoms with Gasteiger partial charge in [-0.1, -0.05) is 288 Å². The van der Waals surface area contributed by atoms with Gasteiger partial charge in [-0.2, -0.15) is 0 Å². The number of carbonyl (C=O) groups excluding carboxylic acids is 2. The number of hydrogen-bond donors (Lipinski definition) is 3. The first-order chi connectivity index (χ1) is 34.0. The first-order valence-electron chi connectivity index (χ1n) is 30.8. The zero-order valence-electron chi connectivity index (χ0n) is 46.3. The summed E-state index contributed by atoms with van der Waals surface area (Å²) in [6, 6.07) is -0.628. The number of nitrogens with one attached hydrogen (secondary N) is 1. The molecule has 0 aromatic heterocycles. The van der Waals surface area contributed by atoms with Crippen LogP contribution in [0.3, 0.4) is 0 Å². The number of aliphatic hydroxyl groups excluding tert-OH is 2. The van der Waals surface area contributed by atoms with E-state index in [2.05, 4.69) is 43.5 Å². The van der Waals surface area contributed by atoms with Crippen molar-refractivity contribution in [1.29, 1.82) is 0 Å². The van der Waals surface area contributed by atoms with E-state index in [9.17, 15) is 19.8 Å². The summed E-state index contributed by atoms with van der Waals surface area (Å²) in [4.78, 5) is 24.5. The second kappa shape index (κ2) is 58.6. The van der Waals surface area contributed by atoms with Gasteiger partial charge in [0.05, 0.1) is 25.4 Å². The average molecular weight is 971 g/mol. The third-order valence-corrected chi connectivity index (χ3v) is 14.2. The molecule has 0 rings (SSSR count). The SMILES string of the molecule is CCCCC/C=C\C/C=C\CCCCCCCCCC(=O)OCCCCCCCCCCCCCCCCCCCCCCCC(=O)NC(CO)C(O)/C=C/CCCCCCCCCCCCCC. The van der Waals surface area contributed by atoms with Crippen LogP contribution >= 0.6 is 0 Å². The summed E-state index contributed by atoms with van der Waals surface area (Å²) >= 11 is 0. The summed E-state index contributed by atoms with van der Waals surface area (Å²) in [5, 5.41) is 23.1. The number of esters is 1. The molecule has 0 saturated carbocycles. The molecule has 0 aliphatic heterocycles. The van der Waals surface area contributed by atoms with E-state index in [1.165, 1.54) is 250 Å². The van der Waals surface area contributed by atoms with Crippen LogP contribution < -0.4 is 5.32 Å². The second-order valence-electron chi connectivity index (χ2n) is 21.0. The number of rotatable bonds is 57. The van der Waals surface area contributed by atoms with Gasteiger partial charge < -0.3 is 20.3 Å². The Morgan fingerprint density at radius 2 is 0.725 bits per heavy atom. The lowest BCUT2D eigenvalue weighted by Gasteiger charge is -2.20. The molecule has 0 aliphatic rings. The summed E-state index contributed by atoms with van der Waals surface area (Å²) in [6.07, 6.45) is 73.2. The molecule has 0 aliphatic carbocycles. The molecule has 0 saturated heterocycles. The highest BCUT2D eigenvalue weighted by Gasteiger charge is 2.18. The van der Waals surface area contributed by atoms with E-state index >= 15 is 0 Å². The van der Waals surface area contributed by atoms with Crippen LogP contribution in [0.5, 0.6) is 0 Å². The Morgan fingerprint density at radius 1 is 0.406 bits per heavy atom. The van der Waals surface area contributed by atoms with Crippen molar-refractivity contribution in [3.63, 3.8) is 0 Å². The summed E-state index contributed by atoms with van der Waals surface area (Å²) in [6.45, 7) is 4.88. The summed E-state index contributed by atoms with van der Waals surface area (Å²) in [5.41, 5.74) is 0. The Balaban J connectivity index is 3.40. The molecule has 0 fully saturated rings. The van der Waals surface area contributed by atoms with Crippen LogP contribution in [0.2, 0.25) is 0 Å². The fourth-order valence-electron chi connectivity index (χ4n) is 9.43. The molecule has 0 bridgehead atoms. The highest BCUT2D eigenvalue weighted by Crippen LogP contribution is 2.17. The minimum absolute atomic E-state index is 0.00361. The molecule has 406 valence electrons. The lowest BCUT2D eigenvalue weighted by atomic mass is 10.0. The molecule has 2 atom stereocenters. The van der Waals surface area contributed by atoms with E-state index in [-0.39, 0.29) is 18.5 Å². The Bertz CT molecular complexity index is 1120. The second-order valence-corrected chi connectivity index (χ2v) is 21.0. The van der Waals surface area contributed by atoms with Crippen LogP contribution in [0.25, 0.3) is 0 Å². The zero-order valence-corrected chi connectivity index (χ0v) is 46.3. The fraction of sp³-hybridized carbons (Fsp3) is 0.873. The van der Waals surface area contributed by atoms with E-state index in [1.807, 2.05) is 6.08 Å². The van der Waals surface area contributed by atoms with Crippen molar-refractivity contribution in [1.82, 2.24) is 5.32 Å². The predicted octanol–water partition coefficient (Wildman–Crippen LogP) is 19.2. The van der Waals surface area contributed by atoms with Gasteiger partial charge in [0.2, 0.25) is 5.91 Å². The van der Waals surface area contributed by atoms with Gasteiger partial charge in [-0.15, -0.1) is 0 Å². The molecule has 6 heteroatoms. The van der Waals surface area contributed by atoms with Gasteiger partial charge in [0.1, 0.15) is 0 Å². The van der Waals surface area contributed by atoms with E-state index < -0.39 is 12.1 Å². The summed E-state index contributed by atoms with van der Waals surface area (Å²) in [5.74, 6) is -0.0647. The highest BCUT2D eigenvalue weighted by atomic mass is 16.5. The van der Waals surface area contributed by atoms with Crippen molar-refractivity contribution in [2.75, 3.05) is 13.2 Å². The van der Waals surface area contributed by atoms with Gasteiger partial charge in [-0.05, 0) is 64.2 Å². The number of aliphatic hydroxyl groups is 2. The lowest BCUT2D eigenvalue weighted by Crippen LogP contribution is -2.45. The standard InChI is InChI=1S/C63H119NO5/c1-3-5-7-9-11-13-15-17-19-25-29-33-37-41-45-49-53-57-63(68)69-58-54-50-46-42-38-34-30-27-24-22-20-21-23-26-28-32-36-40-44-48-52-56-62(67)64-60(59-65)61(66)55-51-47-43-39-35-31-18-16-14-12-10-8-6-4-2/h11,13,17,19,51,55,60-61,65-66H,3-10,12,14-16,18,20-50,52-54,56-59H2,1-2H3,(H,64,67)/b13-11-,19-17-,55-51+. The number of carbonyl (C=O) groups is 2. The van der Waals surface area contributed by atoms with Crippen molar-refractivity contribution < 1.29 is 24.5 Å². The topological polar surface area (TPSA) is 95.9 Å². The number of allylic oxidation sites excluding steroid dienone is 5. The molecule has 3 N–H and O–H groups in total. The minimum Gasteiger partial charge on any atom is -0.466 e. The maximum Gasteiger partial charge on any atom is 0.305 e. The van der Waals surface area contributed by atoms with Crippen LogP contribution in [-0.4, -0.2) is 47.4 Å². The Labute approximate surface area is 430 Å². The van der Waals surface area contributed by atoms with Crippen LogP contribution in [-0.2, 0) is 14.3 Å². The maximum atomic E-state index is 12.5. The molecule has 69 heavy (non-hydrogen) atoms. The largest absolute Gasteiger partial charge is 0.466 e. The Morgan fingerprint density at radius 3 is 1.13 bits per heavy atom. The van der Waals surface area contributed by atoms with Crippen molar-refractivity contribution in [2.24, 2.45) is 0 Å². The van der Waals surface area contributed by atoms with Crippen LogP contribution in [0.4, 0.5) is 0 Å². The first kappa shape index (κ1) is 67.1. The van der Waals surface area contributed by atoms with Gasteiger partial charge in [-0.3, -0.25) is 9.59 Å². The van der Waals surface area contributed by atoms with Crippen LogP contribution in [0, 0.1) is 0 Å². The summed E-state index contributed by atoms with van der Waals surface area (Å²) in [7, 11) is 0. The van der Waals surface area contributed by atoms with Crippen molar-refractivity contribution in [3.05, 3.63) is 36.5 Å². The Kier molecular flexibility index (Phi) is 57.0. The third kappa shape index (κ3) is 55.2. The van der Waals surface area contributed by atoms with E-state index in [0.717, 1.165) is 51.4 Å². The molecule has 6 nitrogen and oxygen atoms in total. The van der Waals surface area contributed by atoms with E-state index in [1.54, 1.807) is 6.08 Å². The third-order valence-electron chi connectivity index (χ3n) is 14.2.